The smallest absolute Gasteiger partial charge is 0.245 e. The van der Waals surface area contributed by atoms with Crippen LogP contribution >= 0.6 is 0 Å². The average molecular weight is 336 g/mol. The van der Waals surface area contributed by atoms with E-state index in [2.05, 4.69) is 5.32 Å². The summed E-state index contributed by atoms with van der Waals surface area (Å²) in [6.07, 6.45) is 3.81. The Hall–Kier alpha value is -2.12. The van der Waals surface area contributed by atoms with Crippen molar-refractivity contribution in [2.45, 2.75) is 38.1 Å². The highest BCUT2D eigenvalue weighted by atomic mass is 16.2. The van der Waals surface area contributed by atoms with Gasteiger partial charge in [-0.2, -0.15) is 0 Å². The summed E-state index contributed by atoms with van der Waals surface area (Å²) in [4.78, 5) is 53.1. The van der Waals surface area contributed by atoms with Crippen molar-refractivity contribution in [1.29, 1.82) is 0 Å². The summed E-state index contributed by atoms with van der Waals surface area (Å²) in [7, 11) is 0. The summed E-state index contributed by atoms with van der Waals surface area (Å²) < 4.78 is 0. The van der Waals surface area contributed by atoms with Crippen LogP contribution < -0.4 is 5.32 Å². The third kappa shape index (κ3) is 3.52. The van der Waals surface area contributed by atoms with Gasteiger partial charge in [0.1, 0.15) is 6.04 Å². The molecule has 4 amide bonds. The zero-order valence-corrected chi connectivity index (χ0v) is 13.8. The summed E-state index contributed by atoms with van der Waals surface area (Å²) in [6, 6.07) is -0.580. The molecule has 3 aliphatic heterocycles. The van der Waals surface area contributed by atoms with Crippen LogP contribution in [0.25, 0.3) is 0 Å². The zero-order chi connectivity index (χ0) is 17.1. The Balaban J connectivity index is 1.53. The molecule has 3 aliphatic rings. The molecule has 3 heterocycles. The third-order valence-electron chi connectivity index (χ3n) is 5.04. The normalized spacial score (nSPS) is 25.2. The van der Waals surface area contributed by atoms with Gasteiger partial charge in [0.05, 0.1) is 13.1 Å². The monoisotopic (exact) mass is 336 g/mol. The lowest BCUT2D eigenvalue weighted by atomic mass is 10.1. The first kappa shape index (κ1) is 16.7. The first-order chi connectivity index (χ1) is 11.6. The minimum atomic E-state index is -0.580. The van der Waals surface area contributed by atoms with E-state index >= 15 is 0 Å². The molecule has 0 unspecified atom stereocenters. The van der Waals surface area contributed by atoms with Crippen molar-refractivity contribution in [2.24, 2.45) is 0 Å². The van der Waals surface area contributed by atoms with E-state index in [1.54, 1.807) is 14.7 Å². The van der Waals surface area contributed by atoms with Gasteiger partial charge in [0.25, 0.3) is 0 Å². The Labute approximate surface area is 141 Å². The maximum atomic E-state index is 12.4. The largest absolute Gasteiger partial charge is 0.345 e. The Morgan fingerprint density at radius 3 is 2.71 bits per heavy atom. The van der Waals surface area contributed by atoms with Crippen molar-refractivity contribution in [3.63, 3.8) is 0 Å². The Kier molecular flexibility index (Phi) is 5.01. The molecular formula is C16H24N4O4. The molecule has 8 nitrogen and oxygen atoms in total. The Morgan fingerprint density at radius 1 is 1.04 bits per heavy atom. The van der Waals surface area contributed by atoms with Crippen molar-refractivity contribution >= 4 is 23.6 Å². The van der Waals surface area contributed by atoms with Crippen LogP contribution in [0.15, 0.2) is 0 Å². The average Bonchev–Trinajstić information content (AvgIpc) is 2.80. The van der Waals surface area contributed by atoms with Crippen LogP contribution in [0, 0.1) is 0 Å². The summed E-state index contributed by atoms with van der Waals surface area (Å²) in [5.74, 6) is -0.225. The minimum Gasteiger partial charge on any atom is -0.345 e. The van der Waals surface area contributed by atoms with Gasteiger partial charge >= 0.3 is 0 Å². The van der Waals surface area contributed by atoms with Crippen LogP contribution in [0.2, 0.25) is 0 Å². The van der Waals surface area contributed by atoms with Crippen molar-refractivity contribution in [2.75, 3.05) is 39.3 Å². The summed E-state index contributed by atoms with van der Waals surface area (Å²) in [6.45, 7) is 2.28. The molecular weight excluding hydrogens is 312 g/mol. The number of amides is 4. The number of piperazine rings is 2. The number of hydrogen-bond donors (Lipinski definition) is 1. The molecule has 0 aliphatic carbocycles. The van der Waals surface area contributed by atoms with Gasteiger partial charge in [-0.05, 0) is 12.8 Å². The zero-order valence-electron chi connectivity index (χ0n) is 13.8. The van der Waals surface area contributed by atoms with Crippen molar-refractivity contribution in [3.05, 3.63) is 0 Å². The minimum absolute atomic E-state index is 0.0420. The van der Waals surface area contributed by atoms with Crippen LogP contribution in [0.1, 0.15) is 32.1 Å². The van der Waals surface area contributed by atoms with Gasteiger partial charge in [-0.15, -0.1) is 0 Å². The van der Waals surface area contributed by atoms with Crippen LogP contribution in [0.3, 0.4) is 0 Å². The SMILES string of the molecule is O=C1NCC(=O)N2CCN(C(=O)CCN3CCCCCC3=O)C[C@H]12. The number of rotatable bonds is 3. The summed E-state index contributed by atoms with van der Waals surface area (Å²) in [5.41, 5.74) is 0. The second kappa shape index (κ2) is 7.19. The Morgan fingerprint density at radius 2 is 1.88 bits per heavy atom. The molecule has 0 radical (unpaired) electrons. The van der Waals surface area contributed by atoms with Crippen LogP contribution in [-0.4, -0.2) is 83.6 Å². The van der Waals surface area contributed by atoms with E-state index in [1.807, 2.05) is 0 Å². The summed E-state index contributed by atoms with van der Waals surface area (Å²) >= 11 is 0. The highest BCUT2D eigenvalue weighted by Crippen LogP contribution is 2.15. The lowest BCUT2D eigenvalue weighted by Crippen LogP contribution is -2.66. The standard InChI is InChI=1S/C16H24N4O4/c21-13-4-2-1-3-6-18(13)7-5-14(22)19-8-9-20-12(11-19)16(24)17-10-15(20)23/h12H,1-11H2,(H,17,24)/t12-/m1/s1. The highest BCUT2D eigenvalue weighted by molar-refractivity contribution is 5.95. The highest BCUT2D eigenvalue weighted by Gasteiger charge is 2.39. The number of nitrogens with one attached hydrogen (secondary N) is 1. The fourth-order valence-corrected chi connectivity index (χ4v) is 3.58. The van der Waals surface area contributed by atoms with E-state index in [9.17, 15) is 19.2 Å². The molecule has 3 rings (SSSR count). The number of carbonyl (C=O) groups excluding carboxylic acids is 4. The molecule has 1 N–H and O–H groups in total. The van der Waals surface area contributed by atoms with Crippen molar-refractivity contribution < 1.29 is 19.2 Å². The molecule has 24 heavy (non-hydrogen) atoms. The van der Waals surface area contributed by atoms with Gasteiger partial charge < -0.3 is 20.0 Å². The Bertz CT molecular complexity index is 550. The second-order valence-corrected chi connectivity index (χ2v) is 6.60. The third-order valence-corrected chi connectivity index (χ3v) is 5.04. The molecule has 0 bridgehead atoms. The van der Waals surface area contributed by atoms with E-state index in [-0.39, 0.29) is 43.1 Å². The molecule has 8 heteroatoms. The van der Waals surface area contributed by atoms with Gasteiger partial charge in [0.2, 0.25) is 23.6 Å². The van der Waals surface area contributed by atoms with Gasteiger partial charge in [-0.25, -0.2) is 0 Å². The molecule has 0 spiro atoms. The number of carbonyl (C=O) groups is 4. The van der Waals surface area contributed by atoms with Gasteiger partial charge in [-0.3, -0.25) is 19.2 Å². The fraction of sp³-hybridized carbons (Fsp3) is 0.750. The van der Waals surface area contributed by atoms with Crippen molar-refractivity contribution in [1.82, 2.24) is 20.0 Å². The van der Waals surface area contributed by atoms with Crippen LogP contribution in [0.4, 0.5) is 0 Å². The number of nitrogens with zero attached hydrogens (tertiary/aromatic N) is 3. The molecule has 3 saturated heterocycles. The van der Waals surface area contributed by atoms with E-state index in [4.69, 9.17) is 0 Å². The number of likely N-dealkylation sites (tertiary alicyclic amines) is 1. The van der Waals surface area contributed by atoms with Gasteiger partial charge in [0.15, 0.2) is 0 Å². The van der Waals surface area contributed by atoms with Gasteiger partial charge in [-0.1, -0.05) is 6.42 Å². The van der Waals surface area contributed by atoms with E-state index in [0.717, 1.165) is 25.8 Å². The van der Waals surface area contributed by atoms with Gasteiger partial charge in [0, 0.05) is 39.0 Å². The predicted octanol–water partition coefficient (Wildman–Crippen LogP) is -1.05. The topological polar surface area (TPSA) is 90.0 Å². The first-order valence-corrected chi connectivity index (χ1v) is 8.69. The second-order valence-electron chi connectivity index (χ2n) is 6.60. The summed E-state index contributed by atoms with van der Waals surface area (Å²) in [5, 5.41) is 2.57. The maximum Gasteiger partial charge on any atom is 0.245 e. The molecule has 0 saturated carbocycles. The lowest BCUT2D eigenvalue weighted by Gasteiger charge is -2.43. The lowest BCUT2D eigenvalue weighted by molar-refractivity contribution is -0.152. The van der Waals surface area contributed by atoms with E-state index in [0.29, 0.717) is 26.1 Å². The predicted molar refractivity (Wildman–Crippen MR) is 84.8 cm³/mol. The maximum absolute atomic E-state index is 12.4. The number of fused-ring (bicyclic) bond motifs is 1. The fourth-order valence-electron chi connectivity index (χ4n) is 3.58. The quantitative estimate of drug-likeness (QED) is 0.712. The van der Waals surface area contributed by atoms with E-state index < -0.39 is 6.04 Å². The number of hydrogen-bond acceptors (Lipinski definition) is 4. The van der Waals surface area contributed by atoms with Crippen LogP contribution in [-0.2, 0) is 19.2 Å². The first-order valence-electron chi connectivity index (χ1n) is 8.69. The molecule has 0 aromatic rings. The van der Waals surface area contributed by atoms with E-state index in [1.165, 1.54) is 0 Å². The molecule has 0 aromatic heterocycles. The van der Waals surface area contributed by atoms with Crippen LogP contribution in [0.5, 0.6) is 0 Å². The molecule has 1 atom stereocenters. The molecule has 0 aromatic carbocycles. The van der Waals surface area contributed by atoms with Crippen molar-refractivity contribution in [3.8, 4) is 0 Å². The molecule has 132 valence electrons. The molecule has 3 fully saturated rings.